The summed E-state index contributed by atoms with van der Waals surface area (Å²) >= 11 is 0. The Bertz CT molecular complexity index is 1770. The molecule has 0 aromatic heterocycles. The molecule has 1 aliphatic heterocycles. The molecule has 1 fully saturated rings. The minimum absolute atomic E-state index is 0.0217. The third-order valence-corrected chi connectivity index (χ3v) is 20.4. The Morgan fingerprint density at radius 1 is 0.367 bits per heavy atom. The highest BCUT2D eigenvalue weighted by atomic mass is 16.7. The van der Waals surface area contributed by atoms with E-state index >= 15 is 0 Å². The van der Waals surface area contributed by atoms with E-state index in [9.17, 15) is 35.1 Å². The molecule has 1 rings (SSSR count). The molecule has 6 N–H and O–H groups in total. The van der Waals surface area contributed by atoms with Crippen LogP contribution in [0.2, 0.25) is 0 Å². The Morgan fingerprint density at radius 3 is 1.03 bits per heavy atom. The molecule has 0 bridgehead atoms. The Morgan fingerprint density at radius 2 is 0.663 bits per heavy atom. The van der Waals surface area contributed by atoms with Crippen LogP contribution in [0.4, 0.5) is 0 Å². The number of amides is 1. The normalized spacial score (nSPS) is 17.4. The van der Waals surface area contributed by atoms with Gasteiger partial charge in [-0.05, 0) is 83.5 Å². The maximum absolute atomic E-state index is 13.1. The highest BCUT2D eigenvalue weighted by Gasteiger charge is 2.44. The second kappa shape index (κ2) is 75.8. The lowest BCUT2D eigenvalue weighted by atomic mass is 9.99. The summed E-state index contributed by atoms with van der Waals surface area (Å²) in [6, 6.07) is -0.832. The van der Waals surface area contributed by atoms with Crippen LogP contribution in [0.3, 0.4) is 0 Å². The number of aliphatic hydroxyl groups excluding tert-OH is 5. The van der Waals surface area contributed by atoms with Crippen LogP contribution < -0.4 is 5.32 Å². The van der Waals surface area contributed by atoms with Gasteiger partial charge in [-0.1, -0.05) is 383 Å². The highest BCUT2D eigenvalue weighted by molar-refractivity contribution is 5.76. The van der Waals surface area contributed by atoms with Crippen LogP contribution in [-0.2, 0) is 23.8 Å². The fourth-order valence-corrected chi connectivity index (χ4v) is 13.7. The quantitative estimate of drug-likeness (QED) is 0.0195. The standard InChI is InChI=1S/C87H163NO10/c1-3-5-7-9-11-13-15-17-18-19-44-47-51-55-59-63-67-71-75-83(92)96-76-72-68-64-60-56-52-48-45-42-40-38-36-34-32-30-28-26-24-22-20-21-23-25-27-29-31-33-35-37-39-41-43-46-50-54-58-62-66-70-74-82(91)88-79(78-97-87-86(95)85(94)84(93)81(77-89)98-87)80(90)73-69-65-61-57-53-49-16-14-12-10-8-6-4-2/h12,14,20-21,53,57,69,73,79-81,84-87,89-90,93-95H,3-11,13,15-19,22-52,54-56,58-68,70-72,74-78H2,1-2H3,(H,88,91)/b14-12+,21-20-,57-53+,73-69+. The van der Waals surface area contributed by atoms with Crippen molar-refractivity contribution >= 4 is 11.9 Å². The highest BCUT2D eigenvalue weighted by Crippen LogP contribution is 2.24. The van der Waals surface area contributed by atoms with E-state index in [1.54, 1.807) is 6.08 Å². The molecule has 0 radical (unpaired) electrons. The lowest BCUT2D eigenvalue weighted by Gasteiger charge is -2.40. The molecule has 98 heavy (non-hydrogen) atoms. The predicted octanol–water partition coefficient (Wildman–Crippen LogP) is 23.8. The lowest BCUT2D eigenvalue weighted by molar-refractivity contribution is -0.302. The number of nitrogens with one attached hydrogen (secondary N) is 1. The van der Waals surface area contributed by atoms with Crippen LogP contribution in [-0.4, -0.2) is 100 Å². The van der Waals surface area contributed by atoms with Gasteiger partial charge in [-0.3, -0.25) is 9.59 Å². The molecule has 0 spiro atoms. The van der Waals surface area contributed by atoms with E-state index in [1.165, 1.54) is 340 Å². The molecule has 1 heterocycles. The van der Waals surface area contributed by atoms with Crippen LogP contribution in [0.15, 0.2) is 48.6 Å². The van der Waals surface area contributed by atoms with Gasteiger partial charge in [-0.25, -0.2) is 0 Å². The molecule has 0 saturated carbocycles. The zero-order chi connectivity index (χ0) is 70.8. The summed E-state index contributed by atoms with van der Waals surface area (Å²) in [6.07, 6.45) is 91.8. The molecular formula is C87H163NO10. The molecule has 11 heteroatoms. The summed E-state index contributed by atoms with van der Waals surface area (Å²) in [5.41, 5.74) is 0. The number of unbranched alkanes of at least 4 members (excludes halogenated alkanes) is 57. The van der Waals surface area contributed by atoms with Gasteiger partial charge in [0.15, 0.2) is 6.29 Å². The van der Waals surface area contributed by atoms with Crippen LogP contribution in [0.5, 0.6) is 0 Å². The van der Waals surface area contributed by atoms with E-state index in [4.69, 9.17) is 14.2 Å². The van der Waals surface area contributed by atoms with Crippen LogP contribution in [0, 0.1) is 0 Å². The van der Waals surface area contributed by atoms with Gasteiger partial charge in [-0.2, -0.15) is 0 Å². The summed E-state index contributed by atoms with van der Waals surface area (Å²) in [4.78, 5) is 25.2. The Labute approximate surface area is 606 Å². The first-order valence-electron chi connectivity index (χ1n) is 42.9. The third kappa shape index (κ3) is 63.3. The number of ether oxygens (including phenoxy) is 3. The average molecular weight is 1380 g/mol. The molecule has 7 atom stereocenters. The molecule has 7 unspecified atom stereocenters. The first kappa shape index (κ1) is 93.6. The Balaban J connectivity index is 1.87. The minimum atomic E-state index is -1.58. The second-order valence-electron chi connectivity index (χ2n) is 29.9. The molecule has 11 nitrogen and oxygen atoms in total. The fraction of sp³-hybridized carbons (Fsp3) is 0.885. The zero-order valence-electron chi connectivity index (χ0n) is 64.5. The molecular weight excluding hydrogens is 1220 g/mol. The van der Waals surface area contributed by atoms with Gasteiger partial charge in [0, 0.05) is 12.8 Å². The number of hydrogen-bond acceptors (Lipinski definition) is 10. The van der Waals surface area contributed by atoms with Crippen LogP contribution >= 0.6 is 0 Å². The Hall–Kier alpha value is -2.38. The molecule has 1 amide bonds. The number of allylic oxidation sites excluding steroid dienone is 7. The van der Waals surface area contributed by atoms with Crippen molar-refractivity contribution in [2.45, 2.75) is 474 Å². The second-order valence-corrected chi connectivity index (χ2v) is 29.9. The van der Waals surface area contributed by atoms with Gasteiger partial charge in [0.2, 0.25) is 5.91 Å². The van der Waals surface area contributed by atoms with Gasteiger partial charge in [0.25, 0.3) is 0 Å². The number of aliphatic hydroxyl groups is 5. The maximum Gasteiger partial charge on any atom is 0.305 e. The zero-order valence-corrected chi connectivity index (χ0v) is 64.5. The number of carbonyl (C=O) groups excluding carboxylic acids is 2. The molecule has 576 valence electrons. The van der Waals surface area contributed by atoms with Gasteiger partial charge < -0.3 is 45.1 Å². The lowest BCUT2D eigenvalue weighted by Crippen LogP contribution is -2.60. The van der Waals surface area contributed by atoms with Crippen molar-refractivity contribution in [1.82, 2.24) is 5.32 Å². The molecule has 1 aliphatic rings. The van der Waals surface area contributed by atoms with Crippen molar-refractivity contribution < 1.29 is 49.3 Å². The molecule has 0 aromatic rings. The molecule has 1 saturated heterocycles. The largest absolute Gasteiger partial charge is 0.466 e. The van der Waals surface area contributed by atoms with Gasteiger partial charge in [0.05, 0.1) is 32.0 Å². The van der Waals surface area contributed by atoms with E-state index in [1.807, 2.05) is 6.08 Å². The van der Waals surface area contributed by atoms with E-state index < -0.39 is 49.5 Å². The smallest absolute Gasteiger partial charge is 0.305 e. The average Bonchev–Trinajstić information content (AvgIpc) is 0.831. The van der Waals surface area contributed by atoms with Crippen LogP contribution in [0.1, 0.15) is 431 Å². The van der Waals surface area contributed by atoms with E-state index in [0.29, 0.717) is 19.4 Å². The van der Waals surface area contributed by atoms with Crippen molar-refractivity contribution in [3.8, 4) is 0 Å². The van der Waals surface area contributed by atoms with Gasteiger partial charge in [-0.15, -0.1) is 0 Å². The van der Waals surface area contributed by atoms with E-state index in [2.05, 4.69) is 55.6 Å². The van der Waals surface area contributed by atoms with Crippen molar-refractivity contribution in [3.63, 3.8) is 0 Å². The number of rotatable bonds is 77. The Kier molecular flexibility index (Phi) is 72.4. The van der Waals surface area contributed by atoms with Crippen molar-refractivity contribution in [2.24, 2.45) is 0 Å². The van der Waals surface area contributed by atoms with Gasteiger partial charge in [0.1, 0.15) is 24.4 Å². The SMILES string of the molecule is CCCCC/C=C/CC/C=C/CC/C=C/C(O)C(COC1OC(CO)C(O)C(O)C1O)NC(=O)CCCCCCCCCCCCCCCCCCC/C=C\CCCCCCCCCCCCCCCCCCCCOC(=O)CCCCCCCCCCCCCCCCCCCC. The monoisotopic (exact) mass is 1380 g/mol. The predicted molar refractivity (Wildman–Crippen MR) is 417 cm³/mol. The van der Waals surface area contributed by atoms with E-state index in [0.717, 1.165) is 64.2 Å². The third-order valence-electron chi connectivity index (χ3n) is 20.4. The number of hydrogen-bond donors (Lipinski definition) is 6. The van der Waals surface area contributed by atoms with Gasteiger partial charge >= 0.3 is 5.97 Å². The van der Waals surface area contributed by atoms with E-state index in [-0.39, 0.29) is 18.5 Å². The molecule has 0 aliphatic carbocycles. The summed E-state index contributed by atoms with van der Waals surface area (Å²) in [5, 5.41) is 54.5. The number of carbonyl (C=O) groups is 2. The molecule has 0 aromatic carbocycles. The van der Waals surface area contributed by atoms with Crippen molar-refractivity contribution in [2.75, 3.05) is 19.8 Å². The summed E-state index contributed by atoms with van der Waals surface area (Å²) < 4.78 is 16.8. The fourth-order valence-electron chi connectivity index (χ4n) is 13.7. The summed E-state index contributed by atoms with van der Waals surface area (Å²) in [6.45, 7) is 4.35. The van der Waals surface area contributed by atoms with Crippen molar-refractivity contribution in [1.29, 1.82) is 0 Å². The summed E-state index contributed by atoms with van der Waals surface area (Å²) in [7, 11) is 0. The first-order valence-corrected chi connectivity index (χ1v) is 42.9. The number of esters is 1. The summed E-state index contributed by atoms with van der Waals surface area (Å²) in [5.74, 6) is -0.169. The maximum atomic E-state index is 13.1. The van der Waals surface area contributed by atoms with Crippen molar-refractivity contribution in [3.05, 3.63) is 48.6 Å². The minimum Gasteiger partial charge on any atom is -0.466 e. The first-order chi connectivity index (χ1) is 48.2. The van der Waals surface area contributed by atoms with Crippen LogP contribution in [0.25, 0.3) is 0 Å². The topological polar surface area (TPSA) is 175 Å².